The minimum atomic E-state index is -0.131. The van der Waals surface area contributed by atoms with Gasteiger partial charge in [-0.2, -0.15) is 0 Å². The largest absolute Gasteiger partial charge is 0.497 e. The van der Waals surface area contributed by atoms with Crippen LogP contribution >= 0.6 is 0 Å². The normalized spacial score (nSPS) is 14.3. The Kier molecular flexibility index (Phi) is 7.72. The molecule has 0 unspecified atom stereocenters. The monoisotopic (exact) mass is 400 g/mol. The van der Waals surface area contributed by atoms with Crippen LogP contribution in [0, 0.1) is 0 Å². The maximum atomic E-state index is 13.1. The first-order valence-corrected chi connectivity index (χ1v) is 9.93. The van der Waals surface area contributed by atoms with Gasteiger partial charge in [-0.05, 0) is 30.3 Å². The van der Waals surface area contributed by atoms with E-state index in [1.54, 1.807) is 14.2 Å². The number of hydrogen-bond donors (Lipinski definition) is 2. The van der Waals surface area contributed by atoms with Crippen molar-refractivity contribution in [2.75, 3.05) is 58.9 Å². The number of hydrogen-bond acceptors (Lipinski definition) is 4. The molecule has 1 saturated heterocycles. The van der Waals surface area contributed by atoms with E-state index in [1.165, 1.54) is 4.90 Å². The van der Waals surface area contributed by atoms with Crippen LogP contribution in [0.5, 0.6) is 11.5 Å². The second-order valence-electron chi connectivity index (χ2n) is 7.01. The van der Waals surface area contributed by atoms with Crippen molar-refractivity contribution < 1.29 is 23.9 Å². The molecule has 1 aliphatic rings. The molecule has 2 amide bonds. The van der Waals surface area contributed by atoms with E-state index < -0.39 is 0 Å². The van der Waals surface area contributed by atoms with Crippen LogP contribution in [0.25, 0.3) is 0 Å². The van der Waals surface area contributed by atoms with Crippen LogP contribution < -0.4 is 19.7 Å². The summed E-state index contributed by atoms with van der Waals surface area (Å²) in [6.45, 7) is 5.42. The van der Waals surface area contributed by atoms with Gasteiger partial charge >= 0.3 is 6.03 Å². The third-order valence-electron chi connectivity index (χ3n) is 5.10. The number of para-hydroxylation sites is 1. The van der Waals surface area contributed by atoms with Crippen LogP contribution in [0.4, 0.5) is 10.5 Å². The van der Waals surface area contributed by atoms with Gasteiger partial charge in [0, 0.05) is 11.3 Å². The molecule has 0 aromatic heterocycles. The smallest absolute Gasteiger partial charge is 0.322 e. The topological polar surface area (TPSA) is 64.5 Å². The Morgan fingerprint density at radius 1 is 1.10 bits per heavy atom. The third kappa shape index (κ3) is 6.10. The lowest BCUT2D eigenvalue weighted by Crippen LogP contribution is -3.14. The highest BCUT2D eigenvalue weighted by atomic mass is 16.5. The predicted molar refractivity (Wildman–Crippen MR) is 112 cm³/mol. The van der Waals surface area contributed by atoms with Gasteiger partial charge in [-0.3, -0.25) is 0 Å². The Hall–Kier alpha value is -2.77. The number of amides is 2. The van der Waals surface area contributed by atoms with Crippen molar-refractivity contribution in [1.29, 1.82) is 0 Å². The molecule has 1 aliphatic heterocycles. The van der Waals surface area contributed by atoms with Gasteiger partial charge in [0.2, 0.25) is 0 Å². The van der Waals surface area contributed by atoms with E-state index in [4.69, 9.17) is 14.2 Å². The van der Waals surface area contributed by atoms with Gasteiger partial charge in [0.15, 0.2) is 0 Å². The van der Waals surface area contributed by atoms with E-state index in [0.717, 1.165) is 55.6 Å². The molecule has 1 fully saturated rings. The van der Waals surface area contributed by atoms with Gasteiger partial charge in [-0.15, -0.1) is 0 Å². The van der Waals surface area contributed by atoms with Gasteiger partial charge in [0.25, 0.3) is 0 Å². The lowest BCUT2D eigenvalue weighted by molar-refractivity contribution is -0.907. The van der Waals surface area contributed by atoms with Gasteiger partial charge in [0.1, 0.15) is 24.6 Å². The number of quaternary nitrogens is 1. The van der Waals surface area contributed by atoms with E-state index in [2.05, 4.69) is 5.32 Å². The molecule has 1 heterocycles. The number of methoxy groups -OCH3 is 2. The van der Waals surface area contributed by atoms with Crippen molar-refractivity contribution in [3.8, 4) is 11.5 Å². The molecule has 7 nitrogen and oxygen atoms in total. The van der Waals surface area contributed by atoms with Crippen molar-refractivity contribution in [2.45, 2.75) is 6.54 Å². The van der Waals surface area contributed by atoms with Gasteiger partial charge in [-0.1, -0.05) is 18.2 Å². The molecule has 0 atom stereocenters. The highest BCUT2D eigenvalue weighted by Crippen LogP contribution is 2.25. The standard InChI is InChI=1S/C22H29N3O4/c1-27-20-8-9-21(28-2)18(16-20)17-25(11-10-24-12-14-29-15-13-24)22(26)23-19-6-4-3-5-7-19/h3-9,16H,10-15,17H2,1-2H3,(H,23,26)/p+1. The number of morpholine rings is 1. The number of nitrogens with zero attached hydrogens (tertiary/aromatic N) is 1. The van der Waals surface area contributed by atoms with Crippen molar-refractivity contribution in [1.82, 2.24) is 4.90 Å². The zero-order valence-corrected chi connectivity index (χ0v) is 17.1. The summed E-state index contributed by atoms with van der Waals surface area (Å²) in [6, 6.07) is 15.0. The molecule has 2 N–H and O–H groups in total. The van der Waals surface area contributed by atoms with Crippen LogP contribution in [0.1, 0.15) is 5.56 Å². The van der Waals surface area contributed by atoms with Gasteiger partial charge < -0.3 is 29.3 Å². The zero-order valence-electron chi connectivity index (χ0n) is 17.1. The predicted octanol–water partition coefficient (Wildman–Crippen LogP) is 1.65. The third-order valence-corrected chi connectivity index (χ3v) is 5.10. The highest BCUT2D eigenvalue weighted by Gasteiger charge is 2.21. The number of nitrogens with one attached hydrogen (secondary N) is 2. The first kappa shape index (κ1) is 21.0. The van der Waals surface area contributed by atoms with Crippen LogP contribution in [0.15, 0.2) is 48.5 Å². The van der Waals surface area contributed by atoms with Gasteiger partial charge in [-0.25, -0.2) is 4.79 Å². The molecule has 7 heteroatoms. The molecule has 0 radical (unpaired) electrons. The molecular formula is C22H30N3O4+. The Balaban J connectivity index is 1.75. The van der Waals surface area contributed by atoms with Crippen LogP contribution in [0.2, 0.25) is 0 Å². The number of benzene rings is 2. The van der Waals surface area contributed by atoms with E-state index in [1.807, 2.05) is 53.4 Å². The van der Waals surface area contributed by atoms with E-state index in [0.29, 0.717) is 13.1 Å². The van der Waals surface area contributed by atoms with E-state index in [-0.39, 0.29) is 6.03 Å². The summed E-state index contributed by atoms with van der Waals surface area (Å²) in [6.07, 6.45) is 0. The number of urea groups is 1. The molecule has 0 aliphatic carbocycles. The molecule has 0 spiro atoms. The number of rotatable bonds is 8. The molecular weight excluding hydrogens is 370 g/mol. The van der Waals surface area contributed by atoms with Crippen LogP contribution in [-0.4, -0.2) is 64.5 Å². The minimum absolute atomic E-state index is 0.131. The summed E-state index contributed by atoms with van der Waals surface area (Å²) in [7, 11) is 3.27. The summed E-state index contributed by atoms with van der Waals surface area (Å²) in [4.78, 5) is 16.3. The maximum Gasteiger partial charge on any atom is 0.322 e. The summed E-state index contributed by atoms with van der Waals surface area (Å²) in [5.41, 5.74) is 1.69. The molecule has 29 heavy (non-hydrogen) atoms. The SMILES string of the molecule is COc1ccc(OC)c(CN(CC[NH+]2CCOCC2)C(=O)Nc2ccccc2)c1. The Morgan fingerprint density at radius 2 is 1.86 bits per heavy atom. The lowest BCUT2D eigenvalue weighted by Gasteiger charge is -2.28. The molecule has 0 bridgehead atoms. The number of ether oxygens (including phenoxy) is 3. The second kappa shape index (κ2) is 10.7. The number of anilines is 1. The van der Waals surface area contributed by atoms with Crippen molar-refractivity contribution in [3.63, 3.8) is 0 Å². The fourth-order valence-corrected chi connectivity index (χ4v) is 3.39. The van der Waals surface area contributed by atoms with Crippen LogP contribution in [-0.2, 0) is 11.3 Å². The average molecular weight is 400 g/mol. The summed E-state index contributed by atoms with van der Waals surface area (Å²) >= 11 is 0. The summed E-state index contributed by atoms with van der Waals surface area (Å²) in [5.74, 6) is 1.48. The summed E-state index contributed by atoms with van der Waals surface area (Å²) in [5, 5.41) is 3.00. The van der Waals surface area contributed by atoms with Crippen molar-refractivity contribution >= 4 is 11.7 Å². The number of carbonyl (C=O) groups excluding carboxylic acids is 1. The van der Waals surface area contributed by atoms with E-state index in [9.17, 15) is 4.79 Å². The van der Waals surface area contributed by atoms with Crippen molar-refractivity contribution in [2.24, 2.45) is 0 Å². The second-order valence-corrected chi connectivity index (χ2v) is 7.01. The summed E-state index contributed by atoms with van der Waals surface area (Å²) < 4.78 is 16.3. The Labute approximate surface area is 172 Å². The fourth-order valence-electron chi connectivity index (χ4n) is 3.39. The molecule has 3 rings (SSSR count). The van der Waals surface area contributed by atoms with E-state index >= 15 is 0 Å². The molecule has 156 valence electrons. The highest BCUT2D eigenvalue weighted by molar-refractivity contribution is 5.89. The lowest BCUT2D eigenvalue weighted by atomic mass is 10.1. The first-order chi connectivity index (χ1) is 14.2. The van der Waals surface area contributed by atoms with Crippen LogP contribution in [0.3, 0.4) is 0 Å². The fraction of sp³-hybridized carbons (Fsp3) is 0.409. The number of carbonyl (C=O) groups is 1. The molecule has 2 aromatic carbocycles. The quantitative estimate of drug-likeness (QED) is 0.707. The zero-order chi connectivity index (χ0) is 20.5. The van der Waals surface area contributed by atoms with Crippen molar-refractivity contribution in [3.05, 3.63) is 54.1 Å². The minimum Gasteiger partial charge on any atom is -0.497 e. The Bertz CT molecular complexity index is 779. The maximum absolute atomic E-state index is 13.1. The average Bonchev–Trinajstić information content (AvgIpc) is 2.77. The molecule has 2 aromatic rings. The molecule has 0 saturated carbocycles. The first-order valence-electron chi connectivity index (χ1n) is 9.93. The van der Waals surface area contributed by atoms with Gasteiger partial charge in [0.05, 0.1) is 47.1 Å². The Morgan fingerprint density at radius 3 is 2.55 bits per heavy atom.